The van der Waals surface area contributed by atoms with Gasteiger partial charge in [0.2, 0.25) is 11.8 Å². The van der Waals surface area contributed by atoms with E-state index in [1.54, 1.807) is 0 Å². The second-order valence-corrected chi connectivity index (χ2v) is 21.1. The summed E-state index contributed by atoms with van der Waals surface area (Å²) in [5.74, 6) is -1.25. The summed E-state index contributed by atoms with van der Waals surface area (Å²) in [6.45, 7) is 2.54. The second kappa shape index (κ2) is 27.3. The number of anilines is 1. The lowest BCUT2D eigenvalue weighted by molar-refractivity contribution is -0.137. The Morgan fingerprint density at radius 3 is 2.33 bits per heavy atom. The van der Waals surface area contributed by atoms with Gasteiger partial charge in [0.1, 0.15) is 36.3 Å². The van der Waals surface area contributed by atoms with Gasteiger partial charge in [-0.3, -0.25) is 32.5 Å². The molecule has 8 atom stereocenters. The Morgan fingerprint density at radius 2 is 1.65 bits per heavy atom. The number of amides is 2. The van der Waals surface area contributed by atoms with Crippen LogP contribution in [-0.2, 0) is 50.7 Å². The molecule has 1 saturated heterocycles. The first-order valence-electron chi connectivity index (χ1n) is 21.0. The molecular weight excluding hydrogens is 955 g/mol. The number of aliphatic hydroxyl groups excluding tert-OH is 3. The van der Waals surface area contributed by atoms with Crippen molar-refractivity contribution in [2.45, 2.75) is 122 Å². The van der Waals surface area contributed by atoms with Crippen LogP contribution in [0.2, 0.25) is 0 Å². The number of phosphoric acid groups is 3. The summed E-state index contributed by atoms with van der Waals surface area (Å²) in [6.07, 6.45) is 8.36. The van der Waals surface area contributed by atoms with Gasteiger partial charge in [-0.15, -0.1) is 0 Å². The van der Waals surface area contributed by atoms with Crippen molar-refractivity contribution in [2.75, 3.05) is 37.8 Å². The number of hydrogen-bond donors (Lipinski definition) is 10. The normalized spacial score (nSPS) is 20.9. The van der Waals surface area contributed by atoms with E-state index in [9.17, 15) is 63.0 Å². The van der Waals surface area contributed by atoms with Crippen molar-refractivity contribution in [1.82, 2.24) is 30.2 Å². The molecule has 3 rings (SSSR count). The van der Waals surface area contributed by atoms with Crippen LogP contribution in [0.4, 0.5) is 5.82 Å². The summed E-state index contributed by atoms with van der Waals surface area (Å²) in [5, 5.41) is 36.5. The number of ether oxygens (including phenoxy) is 1. The number of allylic oxidation sites excluding steroid dienone is 4. The number of unbranched alkanes of at least 4 members (excludes halogenated alkanes) is 4. The minimum atomic E-state index is -5.59. The Balaban J connectivity index is 1.35. The van der Waals surface area contributed by atoms with Crippen LogP contribution in [0.1, 0.15) is 91.2 Å². The number of carbonyl (C=O) groups excluding carboxylic acids is 3. The lowest BCUT2D eigenvalue weighted by Gasteiger charge is -2.30. The molecule has 0 saturated carbocycles. The zero-order chi connectivity index (χ0) is 49.1. The molecule has 25 nitrogen and oxygen atoms in total. The van der Waals surface area contributed by atoms with E-state index in [-0.39, 0.29) is 53.8 Å². The average molecular weight is 1020 g/mol. The van der Waals surface area contributed by atoms with E-state index in [0.29, 0.717) is 6.42 Å². The summed E-state index contributed by atoms with van der Waals surface area (Å²) in [7, 11) is -16.4. The average Bonchev–Trinajstić information content (AvgIpc) is 3.79. The molecule has 0 aliphatic carbocycles. The van der Waals surface area contributed by atoms with Crippen molar-refractivity contribution in [2.24, 2.45) is 5.41 Å². The number of thioether (sulfide) groups is 1. The smallest absolute Gasteiger partial charge is 0.393 e. The molecule has 3 heterocycles. The van der Waals surface area contributed by atoms with E-state index in [0.717, 1.165) is 54.7 Å². The Bertz CT molecular complexity index is 2090. The van der Waals surface area contributed by atoms with Crippen molar-refractivity contribution in [3.63, 3.8) is 0 Å². The van der Waals surface area contributed by atoms with E-state index in [2.05, 4.69) is 65.6 Å². The highest BCUT2D eigenvalue weighted by Crippen LogP contribution is 2.61. The molecule has 0 aromatic carbocycles. The molecule has 3 unspecified atom stereocenters. The fourth-order valence-electron chi connectivity index (χ4n) is 6.14. The Labute approximate surface area is 385 Å². The minimum absolute atomic E-state index is 0.00922. The van der Waals surface area contributed by atoms with Gasteiger partial charge in [0.05, 0.1) is 25.6 Å². The molecule has 11 N–H and O–H groups in total. The van der Waals surface area contributed by atoms with E-state index in [1.165, 1.54) is 33.1 Å². The largest absolute Gasteiger partial charge is 0.481 e. The molecule has 1 aliphatic heterocycles. The number of phosphoric ester groups is 3. The molecule has 2 aromatic heterocycles. The molecule has 0 spiro atoms. The fourth-order valence-corrected chi connectivity index (χ4v) is 9.71. The zero-order valence-electron chi connectivity index (χ0n) is 36.8. The van der Waals surface area contributed by atoms with Crippen LogP contribution < -0.4 is 16.4 Å². The predicted octanol–water partition coefficient (Wildman–Crippen LogP) is 2.67. The van der Waals surface area contributed by atoms with Crippen LogP contribution in [-0.4, -0.2) is 134 Å². The molecule has 66 heavy (non-hydrogen) atoms. The monoisotopic (exact) mass is 1020 g/mol. The Kier molecular flexibility index (Phi) is 23.7. The van der Waals surface area contributed by atoms with Crippen LogP contribution in [0.3, 0.4) is 0 Å². The standard InChI is InChI=1S/C37H62N7O18P3S/c1-4-5-6-7-8-9-10-11-12-13-14-15-25(45)20-28(47)66-19-18-39-27(46)16-17-40-35(50)32(49)37(2,3)22-59-65(56,57)62-64(54,55)58-21-26-31(61-63(51,52)53)30(48)36(60-26)44-24-43-29-33(38)41-23-42-34(29)44/h8-9,11-12,23-26,30-32,36,45,48-49H,4-7,10,13-22H2,1-3H3,(H,39,46)(H,40,50)(H,54,55)(H,56,57)(H2,38,41,42)(H2,51,52,53)/b9-8-,12-11-/t25-,26+,30-,31-,32?,36+/m0/s1. The molecular formula is C37H62N7O18P3S. The Morgan fingerprint density at radius 1 is 0.970 bits per heavy atom. The first-order chi connectivity index (χ1) is 30.9. The van der Waals surface area contributed by atoms with Gasteiger partial charge < -0.3 is 56.0 Å². The highest BCUT2D eigenvalue weighted by atomic mass is 32.2. The molecule has 2 amide bonds. The number of aromatic nitrogens is 4. The number of fused-ring (bicyclic) bond motifs is 1. The van der Waals surface area contributed by atoms with Crippen LogP contribution in [0, 0.1) is 5.41 Å². The summed E-state index contributed by atoms with van der Waals surface area (Å²) in [4.78, 5) is 88.3. The molecule has 0 bridgehead atoms. The van der Waals surface area contributed by atoms with E-state index < -0.39 is 90.7 Å². The van der Waals surface area contributed by atoms with E-state index in [4.69, 9.17) is 19.5 Å². The van der Waals surface area contributed by atoms with E-state index >= 15 is 0 Å². The van der Waals surface area contributed by atoms with Gasteiger partial charge in [-0.25, -0.2) is 28.6 Å². The summed E-state index contributed by atoms with van der Waals surface area (Å²) in [5.41, 5.74) is 4.24. The maximum absolute atomic E-state index is 12.7. The van der Waals surface area contributed by atoms with Gasteiger partial charge >= 0.3 is 23.5 Å². The number of nitrogens with zero attached hydrogens (tertiary/aromatic N) is 4. The van der Waals surface area contributed by atoms with Crippen molar-refractivity contribution in [1.29, 1.82) is 0 Å². The zero-order valence-corrected chi connectivity index (χ0v) is 40.3. The minimum Gasteiger partial charge on any atom is -0.393 e. The highest BCUT2D eigenvalue weighted by molar-refractivity contribution is 8.13. The van der Waals surface area contributed by atoms with Crippen molar-refractivity contribution >= 4 is 69.1 Å². The number of rotatable bonds is 31. The van der Waals surface area contributed by atoms with Gasteiger partial charge in [-0.2, -0.15) is 4.31 Å². The fraction of sp³-hybridized carbons (Fsp3) is 0.676. The van der Waals surface area contributed by atoms with Gasteiger partial charge in [0.15, 0.2) is 22.8 Å². The number of hydrogen-bond acceptors (Lipinski definition) is 19. The number of imidazole rings is 1. The van der Waals surface area contributed by atoms with E-state index in [1.807, 2.05) is 0 Å². The maximum Gasteiger partial charge on any atom is 0.481 e. The lowest BCUT2D eigenvalue weighted by Crippen LogP contribution is -2.46. The molecule has 374 valence electrons. The number of nitrogens with one attached hydrogen (secondary N) is 2. The molecule has 1 aliphatic rings. The topological polar surface area (TPSA) is 384 Å². The van der Waals surface area contributed by atoms with Crippen LogP contribution >= 0.6 is 35.2 Å². The third kappa shape index (κ3) is 20.3. The second-order valence-electron chi connectivity index (χ2n) is 15.8. The van der Waals surface area contributed by atoms with Gasteiger partial charge in [-0.1, -0.05) is 69.7 Å². The maximum atomic E-state index is 12.7. The predicted molar refractivity (Wildman–Crippen MR) is 239 cm³/mol. The van der Waals surface area contributed by atoms with Gasteiger partial charge in [0.25, 0.3) is 0 Å². The first kappa shape index (κ1) is 57.3. The number of nitrogens with two attached hydrogens (primary N) is 1. The summed E-state index contributed by atoms with van der Waals surface area (Å²) in [6, 6.07) is 0. The molecule has 29 heteroatoms. The Hall–Kier alpha value is -3.00. The highest BCUT2D eigenvalue weighted by Gasteiger charge is 2.50. The molecule has 0 radical (unpaired) electrons. The molecule has 2 aromatic rings. The van der Waals surface area contributed by atoms with Gasteiger partial charge in [0, 0.05) is 37.1 Å². The quantitative estimate of drug-likeness (QED) is 0.0295. The molecule has 1 fully saturated rings. The third-order valence-electron chi connectivity index (χ3n) is 9.66. The number of nitrogen functional groups attached to an aromatic ring is 1. The van der Waals surface area contributed by atoms with Crippen molar-refractivity contribution < 1.29 is 85.6 Å². The van der Waals surface area contributed by atoms with Gasteiger partial charge in [-0.05, 0) is 38.5 Å². The third-order valence-corrected chi connectivity index (χ3v) is 13.7. The van der Waals surface area contributed by atoms with Crippen LogP contribution in [0.5, 0.6) is 0 Å². The van der Waals surface area contributed by atoms with Crippen molar-refractivity contribution in [3.8, 4) is 0 Å². The number of carbonyl (C=O) groups is 3. The summed E-state index contributed by atoms with van der Waals surface area (Å²) < 4.78 is 62.3. The van der Waals surface area contributed by atoms with Crippen LogP contribution in [0.25, 0.3) is 11.2 Å². The summed E-state index contributed by atoms with van der Waals surface area (Å²) >= 11 is 0.977. The SMILES string of the molecule is CCCCC/C=C\C/C=C\CCC[C@H](O)CC(=O)SCCNC(=O)CCNC(=O)C(O)C(C)(C)COP(=O)(O)OP(=O)(O)OC[C@H]1O[C@@H](n2cnc3c(N)ncnc32)[C@@H](O)[C@H]1OP(=O)(O)O. The van der Waals surface area contributed by atoms with Crippen LogP contribution in [0.15, 0.2) is 37.0 Å². The lowest BCUT2D eigenvalue weighted by atomic mass is 9.87. The number of aliphatic hydroxyl groups is 3. The van der Waals surface area contributed by atoms with Crippen molar-refractivity contribution in [3.05, 3.63) is 37.0 Å². The first-order valence-corrected chi connectivity index (χ1v) is 26.5.